The molecule has 1 N–H and O–H groups in total. The van der Waals surface area contributed by atoms with Gasteiger partial charge in [0.2, 0.25) is 5.91 Å². The van der Waals surface area contributed by atoms with E-state index in [9.17, 15) is 4.79 Å². The average Bonchev–Trinajstić information content (AvgIpc) is 2.10. The lowest BCUT2D eigenvalue weighted by Gasteiger charge is -2.23. The highest BCUT2D eigenvalue weighted by atomic mass is 16.1. The topological polar surface area (TPSA) is 29.1 Å². The summed E-state index contributed by atoms with van der Waals surface area (Å²) in [5, 5.41) is 2.85. The van der Waals surface area contributed by atoms with Gasteiger partial charge >= 0.3 is 0 Å². The molecule has 1 heterocycles. The van der Waals surface area contributed by atoms with Crippen LogP contribution in [0.1, 0.15) is 26.2 Å². The van der Waals surface area contributed by atoms with E-state index in [0.29, 0.717) is 12.3 Å². The average molecular weight is 165 g/mol. The standard InChI is InChI=1S/C10H15NO/c1-3-8(4-2)9-5-6-10(12)11-7-9/h9H,1,4-7H2,2H3,(H,11,12). The molecule has 0 aliphatic carbocycles. The van der Waals surface area contributed by atoms with E-state index in [2.05, 4.69) is 24.6 Å². The van der Waals surface area contributed by atoms with Crippen LogP contribution in [0.25, 0.3) is 0 Å². The third kappa shape index (κ3) is 1.99. The van der Waals surface area contributed by atoms with Gasteiger partial charge in [-0.05, 0) is 18.4 Å². The van der Waals surface area contributed by atoms with E-state index in [4.69, 9.17) is 0 Å². The van der Waals surface area contributed by atoms with Gasteiger partial charge in [0, 0.05) is 18.9 Å². The summed E-state index contributed by atoms with van der Waals surface area (Å²) in [5.74, 6) is 0.649. The van der Waals surface area contributed by atoms with Crippen molar-refractivity contribution in [2.45, 2.75) is 26.2 Å². The molecular weight excluding hydrogens is 150 g/mol. The van der Waals surface area contributed by atoms with Crippen molar-refractivity contribution in [3.8, 4) is 0 Å². The molecule has 1 fully saturated rings. The maximum Gasteiger partial charge on any atom is 0.220 e. The summed E-state index contributed by atoms with van der Waals surface area (Å²) in [6, 6.07) is 0. The second-order valence-electron chi connectivity index (χ2n) is 3.10. The third-order valence-electron chi connectivity index (χ3n) is 2.37. The summed E-state index contributed by atoms with van der Waals surface area (Å²) in [4.78, 5) is 10.9. The first-order chi connectivity index (χ1) is 5.77. The quantitative estimate of drug-likeness (QED) is 0.619. The fourth-order valence-corrected chi connectivity index (χ4v) is 1.59. The summed E-state index contributed by atoms with van der Waals surface area (Å²) in [7, 11) is 0. The molecule has 66 valence electrons. The fourth-order valence-electron chi connectivity index (χ4n) is 1.59. The Bertz CT molecular complexity index is 216. The summed E-state index contributed by atoms with van der Waals surface area (Å²) in [5.41, 5.74) is 4.20. The number of carbonyl (C=O) groups excluding carboxylic acids is 1. The largest absolute Gasteiger partial charge is 0.355 e. The maximum absolute atomic E-state index is 10.9. The highest BCUT2D eigenvalue weighted by Crippen LogP contribution is 2.20. The first kappa shape index (κ1) is 9.08. The van der Waals surface area contributed by atoms with Crippen molar-refractivity contribution in [3.05, 3.63) is 17.9 Å². The number of rotatable bonds is 2. The van der Waals surface area contributed by atoms with Gasteiger partial charge in [-0.2, -0.15) is 0 Å². The molecule has 2 nitrogen and oxygen atoms in total. The molecule has 0 radical (unpaired) electrons. The maximum atomic E-state index is 10.9. The second kappa shape index (κ2) is 4.13. The third-order valence-corrected chi connectivity index (χ3v) is 2.37. The first-order valence-corrected chi connectivity index (χ1v) is 4.43. The molecule has 0 spiro atoms. The van der Waals surface area contributed by atoms with Gasteiger partial charge < -0.3 is 5.32 Å². The van der Waals surface area contributed by atoms with Crippen LogP contribution in [0.5, 0.6) is 0 Å². The monoisotopic (exact) mass is 165 g/mol. The van der Waals surface area contributed by atoms with Crippen molar-refractivity contribution < 1.29 is 4.79 Å². The van der Waals surface area contributed by atoms with Crippen LogP contribution < -0.4 is 5.32 Å². The molecule has 1 unspecified atom stereocenters. The van der Waals surface area contributed by atoms with Crippen LogP contribution >= 0.6 is 0 Å². The van der Waals surface area contributed by atoms with Crippen molar-refractivity contribution in [1.82, 2.24) is 5.32 Å². The Hall–Kier alpha value is -1.01. The van der Waals surface area contributed by atoms with Crippen LogP contribution in [0.3, 0.4) is 0 Å². The number of amides is 1. The Morgan fingerprint density at radius 1 is 1.83 bits per heavy atom. The normalized spacial score (nSPS) is 22.8. The minimum absolute atomic E-state index is 0.172. The van der Waals surface area contributed by atoms with E-state index < -0.39 is 0 Å². The predicted molar refractivity (Wildman–Crippen MR) is 48.7 cm³/mol. The smallest absolute Gasteiger partial charge is 0.220 e. The van der Waals surface area contributed by atoms with Gasteiger partial charge in [-0.25, -0.2) is 0 Å². The van der Waals surface area contributed by atoms with Crippen molar-refractivity contribution in [1.29, 1.82) is 0 Å². The van der Waals surface area contributed by atoms with Gasteiger partial charge in [0.25, 0.3) is 0 Å². The summed E-state index contributed by atoms with van der Waals surface area (Å²) < 4.78 is 0. The highest BCUT2D eigenvalue weighted by molar-refractivity contribution is 5.76. The lowest BCUT2D eigenvalue weighted by molar-refractivity contribution is -0.122. The van der Waals surface area contributed by atoms with E-state index in [0.717, 1.165) is 19.4 Å². The van der Waals surface area contributed by atoms with Gasteiger partial charge in [0.05, 0.1) is 0 Å². The molecule has 1 amide bonds. The Labute approximate surface area is 73.4 Å². The van der Waals surface area contributed by atoms with E-state index in [1.807, 2.05) is 0 Å². The number of hydrogen-bond donors (Lipinski definition) is 1. The van der Waals surface area contributed by atoms with Gasteiger partial charge in [0.1, 0.15) is 0 Å². The van der Waals surface area contributed by atoms with Gasteiger partial charge in [0.15, 0.2) is 0 Å². The van der Waals surface area contributed by atoms with Crippen molar-refractivity contribution in [2.24, 2.45) is 5.92 Å². The first-order valence-electron chi connectivity index (χ1n) is 4.43. The van der Waals surface area contributed by atoms with Crippen molar-refractivity contribution in [3.63, 3.8) is 0 Å². The van der Waals surface area contributed by atoms with Crippen LogP contribution in [0.4, 0.5) is 0 Å². The molecule has 1 atom stereocenters. The molecule has 0 saturated carbocycles. The minimum atomic E-state index is 0.172. The Morgan fingerprint density at radius 3 is 3.00 bits per heavy atom. The van der Waals surface area contributed by atoms with E-state index >= 15 is 0 Å². The zero-order valence-corrected chi connectivity index (χ0v) is 7.52. The lowest BCUT2D eigenvalue weighted by atomic mass is 9.90. The number of piperidine rings is 1. The Kier molecular flexibility index (Phi) is 3.12. The molecule has 0 bridgehead atoms. The summed E-state index contributed by atoms with van der Waals surface area (Å²) in [6.07, 6.45) is 2.59. The molecule has 0 aromatic carbocycles. The Balaban J connectivity index is 2.54. The molecule has 0 aromatic rings. The number of nitrogens with one attached hydrogen (secondary N) is 1. The zero-order valence-electron chi connectivity index (χ0n) is 7.52. The number of carbonyl (C=O) groups is 1. The van der Waals surface area contributed by atoms with Crippen LogP contribution in [0, 0.1) is 5.92 Å². The molecule has 0 aromatic heterocycles. The molecule has 1 aliphatic heterocycles. The predicted octanol–water partition coefficient (Wildman–Crippen LogP) is 1.63. The lowest BCUT2D eigenvalue weighted by Crippen LogP contribution is -2.35. The van der Waals surface area contributed by atoms with Gasteiger partial charge in [-0.15, -0.1) is 5.73 Å². The molecule has 1 saturated heterocycles. The molecule has 1 aliphatic rings. The fraction of sp³-hybridized carbons (Fsp3) is 0.600. The highest BCUT2D eigenvalue weighted by Gasteiger charge is 2.19. The van der Waals surface area contributed by atoms with E-state index in [-0.39, 0.29) is 5.91 Å². The SMILES string of the molecule is C=C=C(CC)C1CCC(=O)NC1. The zero-order chi connectivity index (χ0) is 8.97. The van der Waals surface area contributed by atoms with Crippen molar-refractivity contribution >= 4 is 5.91 Å². The van der Waals surface area contributed by atoms with Crippen LogP contribution in [-0.2, 0) is 4.79 Å². The molecule has 1 rings (SSSR count). The van der Waals surface area contributed by atoms with Crippen LogP contribution in [-0.4, -0.2) is 12.5 Å². The minimum Gasteiger partial charge on any atom is -0.355 e. The molecule has 12 heavy (non-hydrogen) atoms. The van der Waals surface area contributed by atoms with Crippen molar-refractivity contribution in [2.75, 3.05) is 6.54 Å². The molecular formula is C10H15NO. The van der Waals surface area contributed by atoms with E-state index in [1.54, 1.807) is 0 Å². The van der Waals surface area contributed by atoms with Crippen LogP contribution in [0.2, 0.25) is 0 Å². The Morgan fingerprint density at radius 2 is 2.58 bits per heavy atom. The molecule has 2 heteroatoms. The summed E-state index contributed by atoms with van der Waals surface area (Å²) in [6.45, 7) is 6.52. The number of hydrogen-bond acceptors (Lipinski definition) is 1. The van der Waals surface area contributed by atoms with Gasteiger partial charge in [-0.1, -0.05) is 13.5 Å². The van der Waals surface area contributed by atoms with E-state index in [1.165, 1.54) is 5.57 Å². The van der Waals surface area contributed by atoms with Gasteiger partial charge in [-0.3, -0.25) is 4.79 Å². The summed E-state index contributed by atoms with van der Waals surface area (Å²) >= 11 is 0. The van der Waals surface area contributed by atoms with Crippen LogP contribution in [0.15, 0.2) is 17.9 Å². The second-order valence-corrected chi connectivity index (χ2v) is 3.10.